The maximum atomic E-state index is 12.3. The van der Waals surface area contributed by atoms with Gasteiger partial charge in [0.05, 0.1) is 0 Å². The van der Waals surface area contributed by atoms with Crippen molar-refractivity contribution in [1.29, 1.82) is 0 Å². The highest BCUT2D eigenvalue weighted by Crippen LogP contribution is 2.31. The molecule has 0 radical (unpaired) electrons. The summed E-state index contributed by atoms with van der Waals surface area (Å²) in [5.41, 5.74) is 2.51. The van der Waals surface area contributed by atoms with Crippen LogP contribution in [0.25, 0.3) is 11.5 Å². The number of alkyl halides is 3. The summed E-state index contributed by atoms with van der Waals surface area (Å²) in [6.07, 6.45) is -3.68. The molecule has 1 aromatic carbocycles. The van der Waals surface area contributed by atoms with Crippen molar-refractivity contribution in [2.45, 2.75) is 12.6 Å². The third-order valence-electron chi connectivity index (χ3n) is 2.75. The summed E-state index contributed by atoms with van der Waals surface area (Å²) in [6, 6.07) is 5.25. The van der Waals surface area contributed by atoms with E-state index in [1.807, 2.05) is 6.07 Å². The van der Waals surface area contributed by atoms with Gasteiger partial charge in [-0.1, -0.05) is 11.2 Å². The van der Waals surface area contributed by atoms with Crippen molar-refractivity contribution in [3.05, 3.63) is 29.6 Å². The number of fused-ring (bicyclic) bond motifs is 1. The Kier molecular flexibility index (Phi) is 2.29. The minimum Gasteiger partial charge on any atom is -0.384 e. The molecule has 0 unspecified atom stereocenters. The average Bonchev–Trinajstić information content (AvgIpc) is 2.96. The van der Waals surface area contributed by atoms with Gasteiger partial charge in [-0.3, -0.25) is 0 Å². The number of aromatic nitrogens is 2. The Bertz CT molecular complexity index is 591. The number of hydrogen-bond acceptors (Lipinski definition) is 4. The normalized spacial score (nSPS) is 14.4. The summed E-state index contributed by atoms with van der Waals surface area (Å²) in [7, 11) is 0. The van der Waals surface area contributed by atoms with E-state index in [1.54, 1.807) is 12.1 Å². The highest BCUT2D eigenvalue weighted by molar-refractivity contribution is 5.66. The van der Waals surface area contributed by atoms with Crippen LogP contribution in [0.3, 0.4) is 0 Å². The van der Waals surface area contributed by atoms with Crippen LogP contribution in [0.2, 0.25) is 0 Å². The molecule has 0 spiro atoms. The molecule has 18 heavy (non-hydrogen) atoms. The maximum Gasteiger partial charge on any atom is 0.455 e. The van der Waals surface area contributed by atoms with Gasteiger partial charge in [0.15, 0.2) is 0 Å². The van der Waals surface area contributed by atoms with Crippen molar-refractivity contribution in [3.8, 4) is 11.5 Å². The second-order valence-electron chi connectivity index (χ2n) is 3.97. The fourth-order valence-corrected chi connectivity index (χ4v) is 1.88. The van der Waals surface area contributed by atoms with E-state index >= 15 is 0 Å². The van der Waals surface area contributed by atoms with Crippen LogP contribution >= 0.6 is 0 Å². The number of nitrogens with one attached hydrogen (secondary N) is 1. The molecule has 4 nitrogen and oxygen atoms in total. The first kappa shape index (κ1) is 11.1. The quantitative estimate of drug-likeness (QED) is 0.851. The lowest BCUT2D eigenvalue weighted by Gasteiger charge is -2.01. The van der Waals surface area contributed by atoms with Crippen LogP contribution in [0.4, 0.5) is 18.9 Å². The molecular weight excluding hydrogens is 247 g/mol. The van der Waals surface area contributed by atoms with Crippen molar-refractivity contribution < 1.29 is 17.7 Å². The first-order valence-electron chi connectivity index (χ1n) is 5.32. The molecule has 3 rings (SSSR count). The molecule has 1 aromatic heterocycles. The summed E-state index contributed by atoms with van der Waals surface area (Å²) >= 11 is 0. The van der Waals surface area contributed by atoms with Gasteiger partial charge in [0.2, 0.25) is 0 Å². The van der Waals surface area contributed by atoms with Crippen LogP contribution in [0.5, 0.6) is 0 Å². The second kappa shape index (κ2) is 3.72. The van der Waals surface area contributed by atoms with E-state index in [1.165, 1.54) is 0 Å². The molecule has 0 fully saturated rings. The standard InChI is InChI=1S/C11H8F3N3O/c12-11(13,14)10-16-9(18-17-10)7-2-1-6-3-4-15-8(6)5-7/h1-2,5,15H,3-4H2. The first-order valence-corrected chi connectivity index (χ1v) is 5.32. The third-order valence-corrected chi connectivity index (χ3v) is 2.75. The lowest BCUT2D eigenvalue weighted by atomic mass is 10.1. The Morgan fingerprint density at radius 1 is 1.28 bits per heavy atom. The molecule has 94 valence electrons. The minimum atomic E-state index is -4.59. The van der Waals surface area contributed by atoms with Gasteiger partial charge in [-0.25, -0.2) is 0 Å². The summed E-state index contributed by atoms with van der Waals surface area (Å²) in [6.45, 7) is 0.830. The van der Waals surface area contributed by atoms with E-state index in [-0.39, 0.29) is 5.89 Å². The summed E-state index contributed by atoms with van der Waals surface area (Å²) in [5, 5.41) is 6.06. The number of hydrogen-bond donors (Lipinski definition) is 1. The van der Waals surface area contributed by atoms with Crippen LogP contribution in [0, 0.1) is 0 Å². The summed E-state index contributed by atoms with van der Waals surface area (Å²) < 4.78 is 41.6. The number of halogens is 3. The zero-order chi connectivity index (χ0) is 12.8. The highest BCUT2D eigenvalue weighted by Gasteiger charge is 2.37. The van der Waals surface area contributed by atoms with Gasteiger partial charge in [-0.15, -0.1) is 0 Å². The molecule has 2 heterocycles. The number of rotatable bonds is 1. The van der Waals surface area contributed by atoms with Gasteiger partial charge in [0, 0.05) is 17.8 Å². The zero-order valence-electron chi connectivity index (χ0n) is 9.08. The van der Waals surface area contributed by atoms with Gasteiger partial charge in [0.1, 0.15) is 0 Å². The fraction of sp³-hybridized carbons (Fsp3) is 0.273. The van der Waals surface area contributed by atoms with Crippen LogP contribution < -0.4 is 5.32 Å². The number of benzene rings is 1. The lowest BCUT2D eigenvalue weighted by molar-refractivity contribution is -0.146. The molecule has 1 aliphatic heterocycles. The Hall–Kier alpha value is -2.05. The largest absolute Gasteiger partial charge is 0.455 e. The second-order valence-corrected chi connectivity index (χ2v) is 3.97. The van der Waals surface area contributed by atoms with Crippen LogP contribution in [-0.2, 0) is 12.6 Å². The van der Waals surface area contributed by atoms with Gasteiger partial charge in [-0.05, 0) is 24.1 Å². The Balaban J connectivity index is 1.98. The molecule has 0 amide bonds. The van der Waals surface area contributed by atoms with Crippen LogP contribution in [0.1, 0.15) is 11.4 Å². The SMILES string of the molecule is FC(F)(F)c1noc(-c2ccc3c(c2)NCC3)n1. The van der Waals surface area contributed by atoms with Crippen LogP contribution in [-0.4, -0.2) is 16.7 Å². The number of anilines is 1. The Labute approximate surface area is 99.8 Å². The molecule has 7 heteroatoms. The molecule has 0 atom stereocenters. The van der Waals surface area contributed by atoms with E-state index in [0.717, 1.165) is 24.2 Å². The Morgan fingerprint density at radius 3 is 2.83 bits per heavy atom. The summed E-state index contributed by atoms with van der Waals surface area (Å²) in [5.74, 6) is -1.38. The predicted octanol–water partition coefficient (Wildman–Crippen LogP) is 2.72. The van der Waals surface area contributed by atoms with Crippen molar-refractivity contribution >= 4 is 5.69 Å². The van der Waals surface area contributed by atoms with Gasteiger partial charge < -0.3 is 9.84 Å². The van der Waals surface area contributed by atoms with Gasteiger partial charge >= 0.3 is 6.18 Å². The van der Waals surface area contributed by atoms with Gasteiger partial charge in [0.25, 0.3) is 11.7 Å². The van der Waals surface area contributed by atoms with E-state index in [2.05, 4.69) is 20.0 Å². The molecule has 2 aromatic rings. The summed E-state index contributed by atoms with van der Waals surface area (Å²) in [4.78, 5) is 3.35. The minimum absolute atomic E-state index is 0.126. The molecule has 0 saturated carbocycles. The topological polar surface area (TPSA) is 51.0 Å². The third kappa shape index (κ3) is 1.81. The van der Waals surface area contributed by atoms with Crippen molar-refractivity contribution in [1.82, 2.24) is 10.1 Å². The Morgan fingerprint density at radius 2 is 2.11 bits per heavy atom. The van der Waals surface area contributed by atoms with Crippen molar-refractivity contribution in [2.24, 2.45) is 0 Å². The number of nitrogens with zero attached hydrogens (tertiary/aromatic N) is 2. The monoisotopic (exact) mass is 255 g/mol. The fourth-order valence-electron chi connectivity index (χ4n) is 1.88. The molecule has 0 bridgehead atoms. The van der Waals surface area contributed by atoms with E-state index < -0.39 is 12.0 Å². The maximum absolute atomic E-state index is 12.3. The van der Waals surface area contributed by atoms with Gasteiger partial charge in [-0.2, -0.15) is 18.2 Å². The van der Waals surface area contributed by atoms with Crippen LogP contribution in [0.15, 0.2) is 22.7 Å². The molecule has 0 saturated heterocycles. The molecule has 1 aliphatic rings. The predicted molar refractivity (Wildman–Crippen MR) is 56.9 cm³/mol. The lowest BCUT2D eigenvalue weighted by Crippen LogP contribution is -2.07. The first-order chi connectivity index (χ1) is 8.54. The van der Waals surface area contributed by atoms with Crippen molar-refractivity contribution in [3.63, 3.8) is 0 Å². The highest BCUT2D eigenvalue weighted by atomic mass is 19.4. The average molecular weight is 255 g/mol. The molecular formula is C11H8F3N3O. The zero-order valence-corrected chi connectivity index (χ0v) is 9.08. The molecule has 1 N–H and O–H groups in total. The van der Waals surface area contributed by atoms with E-state index in [0.29, 0.717) is 5.56 Å². The smallest absolute Gasteiger partial charge is 0.384 e. The van der Waals surface area contributed by atoms with E-state index in [4.69, 9.17) is 0 Å². The van der Waals surface area contributed by atoms with Crippen molar-refractivity contribution in [2.75, 3.05) is 11.9 Å². The van der Waals surface area contributed by atoms with E-state index in [9.17, 15) is 13.2 Å². The molecule has 0 aliphatic carbocycles.